The van der Waals surface area contributed by atoms with Gasteiger partial charge in [0, 0.05) is 13.7 Å². The van der Waals surface area contributed by atoms with Crippen LogP contribution in [0.3, 0.4) is 0 Å². The minimum absolute atomic E-state index is 0.728. The lowest BCUT2D eigenvalue weighted by Gasteiger charge is -1.90. The molecule has 7 heavy (non-hydrogen) atoms. The number of allylic oxidation sites excluding steroid dienone is 1. The lowest BCUT2D eigenvalue weighted by Crippen LogP contribution is -1.86. The molecular formula is C6H11O. The van der Waals surface area contributed by atoms with Gasteiger partial charge < -0.3 is 4.74 Å². The highest BCUT2D eigenvalue weighted by molar-refractivity contribution is 4.76. The molecule has 0 rings (SSSR count). The Bertz CT molecular complexity index is 41.4. The fourth-order valence-electron chi connectivity index (χ4n) is 0.304. The third-order valence-corrected chi connectivity index (χ3v) is 0.618. The molecule has 0 unspecified atom stereocenters. The van der Waals surface area contributed by atoms with Crippen LogP contribution in [0.5, 0.6) is 0 Å². The summed E-state index contributed by atoms with van der Waals surface area (Å²) in [7, 11) is 1.68. The maximum Gasteiger partial charge on any atom is 0.0497 e. The summed E-state index contributed by atoms with van der Waals surface area (Å²) in [5.41, 5.74) is 0. The number of rotatable bonds is 4. The third kappa shape index (κ3) is 5.70. The molecule has 0 N–H and O–H groups in total. The van der Waals surface area contributed by atoms with Crippen molar-refractivity contribution in [1.29, 1.82) is 0 Å². The second-order valence-electron chi connectivity index (χ2n) is 1.27. The van der Waals surface area contributed by atoms with E-state index in [2.05, 4.69) is 6.58 Å². The molecule has 1 nitrogen and oxygen atoms in total. The van der Waals surface area contributed by atoms with E-state index in [9.17, 15) is 0 Å². The molecule has 0 fully saturated rings. The molecule has 0 heterocycles. The first-order valence-corrected chi connectivity index (χ1v) is 2.33. The Hall–Kier alpha value is -0.300. The van der Waals surface area contributed by atoms with Crippen LogP contribution < -0.4 is 0 Å². The van der Waals surface area contributed by atoms with Gasteiger partial charge in [0.15, 0.2) is 0 Å². The summed E-state index contributed by atoms with van der Waals surface area (Å²) in [5, 5.41) is 0. The van der Waals surface area contributed by atoms with Crippen molar-refractivity contribution in [2.75, 3.05) is 13.7 Å². The molecular weight excluding hydrogens is 88.1 g/mol. The summed E-state index contributed by atoms with van der Waals surface area (Å²) in [6, 6.07) is 0. The molecule has 0 aliphatic heterocycles. The summed E-state index contributed by atoms with van der Waals surface area (Å²) in [6.45, 7) is 4.27. The van der Waals surface area contributed by atoms with E-state index < -0.39 is 0 Å². The van der Waals surface area contributed by atoms with Crippen LogP contribution in [0.4, 0.5) is 0 Å². The summed E-state index contributed by atoms with van der Waals surface area (Å²) in [6.07, 6.45) is 4.81. The van der Waals surface area contributed by atoms with Gasteiger partial charge in [0.1, 0.15) is 0 Å². The van der Waals surface area contributed by atoms with Gasteiger partial charge in [-0.1, -0.05) is 6.08 Å². The Labute approximate surface area is 45.0 Å². The van der Waals surface area contributed by atoms with Crippen LogP contribution in [0.15, 0.2) is 12.7 Å². The Morgan fingerprint density at radius 3 is 2.86 bits per heavy atom. The van der Waals surface area contributed by atoms with Crippen LogP contribution >= 0.6 is 0 Å². The monoisotopic (exact) mass is 99.1 g/mol. The maximum atomic E-state index is 4.74. The highest BCUT2D eigenvalue weighted by Crippen LogP contribution is 1.85. The van der Waals surface area contributed by atoms with Crippen molar-refractivity contribution >= 4 is 0 Å². The van der Waals surface area contributed by atoms with Crippen molar-refractivity contribution in [3.8, 4) is 0 Å². The van der Waals surface area contributed by atoms with Crippen LogP contribution in [0.1, 0.15) is 6.42 Å². The average molecular weight is 99.2 g/mol. The first-order chi connectivity index (χ1) is 3.41. The molecule has 0 bridgehead atoms. The van der Waals surface area contributed by atoms with Crippen molar-refractivity contribution in [3.05, 3.63) is 19.1 Å². The average Bonchev–Trinajstić information content (AvgIpc) is 1.69. The molecule has 0 aliphatic rings. The Morgan fingerprint density at radius 2 is 2.43 bits per heavy atom. The second-order valence-corrected chi connectivity index (χ2v) is 1.27. The standard InChI is InChI=1S/C6H11O/c1-3-4-5-6-7-2/h3,5H,1,4,6H2,2H3. The Kier molecular flexibility index (Phi) is 5.46. The second kappa shape index (κ2) is 5.70. The van der Waals surface area contributed by atoms with E-state index in [0.717, 1.165) is 13.0 Å². The van der Waals surface area contributed by atoms with E-state index >= 15 is 0 Å². The summed E-state index contributed by atoms with van der Waals surface area (Å²) < 4.78 is 4.74. The highest BCUT2D eigenvalue weighted by Gasteiger charge is 1.77. The number of methoxy groups -OCH3 is 1. The number of hydrogen-bond donors (Lipinski definition) is 0. The zero-order valence-electron chi connectivity index (χ0n) is 4.68. The molecule has 41 valence electrons. The molecule has 0 atom stereocenters. The Balaban J connectivity index is 2.56. The smallest absolute Gasteiger partial charge is 0.0497 e. The molecule has 0 aromatic carbocycles. The lowest BCUT2D eigenvalue weighted by atomic mass is 10.3. The van der Waals surface area contributed by atoms with Crippen LogP contribution in [0.25, 0.3) is 0 Å². The molecule has 0 saturated carbocycles. The van der Waals surface area contributed by atoms with E-state index in [0.29, 0.717) is 0 Å². The molecule has 0 amide bonds. The van der Waals surface area contributed by atoms with Crippen molar-refractivity contribution < 1.29 is 4.74 Å². The first-order valence-electron chi connectivity index (χ1n) is 2.33. The van der Waals surface area contributed by atoms with E-state index in [1.54, 1.807) is 7.11 Å². The van der Waals surface area contributed by atoms with E-state index in [1.807, 2.05) is 12.5 Å². The largest absolute Gasteiger partial charge is 0.384 e. The maximum absolute atomic E-state index is 4.74. The quantitative estimate of drug-likeness (QED) is 0.382. The highest BCUT2D eigenvalue weighted by atomic mass is 16.5. The number of ether oxygens (including phenoxy) is 1. The van der Waals surface area contributed by atoms with Crippen molar-refractivity contribution in [2.45, 2.75) is 6.42 Å². The van der Waals surface area contributed by atoms with Gasteiger partial charge in [0.2, 0.25) is 0 Å². The van der Waals surface area contributed by atoms with Gasteiger partial charge in [-0.2, -0.15) is 0 Å². The predicted molar refractivity (Wildman–Crippen MR) is 31.0 cm³/mol. The molecule has 0 aliphatic carbocycles. The normalized spacial score (nSPS) is 8.71. The van der Waals surface area contributed by atoms with Gasteiger partial charge in [0.05, 0.1) is 0 Å². The molecule has 0 aromatic rings. The van der Waals surface area contributed by atoms with Crippen molar-refractivity contribution in [1.82, 2.24) is 0 Å². The number of unbranched alkanes of at least 4 members (excludes halogenated alkanes) is 1. The van der Waals surface area contributed by atoms with E-state index in [1.165, 1.54) is 0 Å². The van der Waals surface area contributed by atoms with Crippen molar-refractivity contribution in [2.24, 2.45) is 0 Å². The summed E-state index contributed by atoms with van der Waals surface area (Å²) in [4.78, 5) is 0. The molecule has 1 radical (unpaired) electrons. The van der Waals surface area contributed by atoms with Gasteiger partial charge in [-0.05, 0) is 12.8 Å². The minimum atomic E-state index is 0.728. The van der Waals surface area contributed by atoms with E-state index in [-0.39, 0.29) is 0 Å². The van der Waals surface area contributed by atoms with Crippen LogP contribution in [-0.2, 0) is 4.74 Å². The fourth-order valence-corrected chi connectivity index (χ4v) is 0.304. The van der Waals surface area contributed by atoms with Crippen molar-refractivity contribution in [3.63, 3.8) is 0 Å². The van der Waals surface area contributed by atoms with Crippen LogP contribution in [0.2, 0.25) is 0 Å². The van der Waals surface area contributed by atoms with Gasteiger partial charge in [0.25, 0.3) is 0 Å². The molecule has 0 saturated heterocycles. The van der Waals surface area contributed by atoms with Crippen LogP contribution in [0, 0.1) is 6.42 Å². The molecule has 0 aromatic heterocycles. The summed E-state index contributed by atoms with van der Waals surface area (Å²) in [5.74, 6) is 0. The van der Waals surface area contributed by atoms with Gasteiger partial charge in [-0.25, -0.2) is 0 Å². The molecule has 0 spiro atoms. The number of hydrogen-bond acceptors (Lipinski definition) is 1. The zero-order valence-corrected chi connectivity index (χ0v) is 4.68. The SMILES string of the molecule is C=CC[CH]COC. The minimum Gasteiger partial charge on any atom is -0.384 e. The Morgan fingerprint density at radius 1 is 1.71 bits per heavy atom. The topological polar surface area (TPSA) is 9.23 Å². The first kappa shape index (κ1) is 6.70. The third-order valence-electron chi connectivity index (χ3n) is 0.618. The molecule has 1 heteroatoms. The fraction of sp³-hybridized carbons (Fsp3) is 0.500. The zero-order chi connectivity index (χ0) is 5.54. The predicted octanol–water partition coefficient (Wildman–Crippen LogP) is 1.41. The van der Waals surface area contributed by atoms with Gasteiger partial charge in [-0.3, -0.25) is 0 Å². The summed E-state index contributed by atoms with van der Waals surface area (Å²) >= 11 is 0. The van der Waals surface area contributed by atoms with Gasteiger partial charge in [-0.15, -0.1) is 6.58 Å². The van der Waals surface area contributed by atoms with E-state index in [4.69, 9.17) is 4.74 Å². The lowest BCUT2D eigenvalue weighted by molar-refractivity contribution is 0.222. The van der Waals surface area contributed by atoms with Crippen LogP contribution in [-0.4, -0.2) is 13.7 Å². The van der Waals surface area contributed by atoms with Gasteiger partial charge >= 0.3 is 0 Å².